The molecular formula is C13H13FN2O4. The van der Waals surface area contributed by atoms with E-state index >= 15 is 0 Å². The Morgan fingerprint density at radius 3 is 2.80 bits per heavy atom. The van der Waals surface area contributed by atoms with Gasteiger partial charge in [0.1, 0.15) is 5.82 Å². The Morgan fingerprint density at radius 1 is 1.35 bits per heavy atom. The predicted octanol–water partition coefficient (Wildman–Crippen LogP) is 0.915. The van der Waals surface area contributed by atoms with Crippen molar-refractivity contribution in [2.75, 3.05) is 11.9 Å². The molecule has 0 aromatic heterocycles. The van der Waals surface area contributed by atoms with Crippen LogP contribution < -0.4 is 10.6 Å². The van der Waals surface area contributed by atoms with Crippen LogP contribution in [0, 0.1) is 5.82 Å². The third-order valence-electron chi connectivity index (χ3n) is 2.96. The molecule has 1 aromatic carbocycles. The molecular weight excluding hydrogens is 267 g/mol. The molecule has 0 bridgehead atoms. The molecule has 20 heavy (non-hydrogen) atoms. The summed E-state index contributed by atoms with van der Waals surface area (Å²) in [5, 5.41) is 13.3. The van der Waals surface area contributed by atoms with E-state index in [0.29, 0.717) is 24.1 Å². The monoisotopic (exact) mass is 280 g/mol. The van der Waals surface area contributed by atoms with Crippen molar-refractivity contribution in [2.45, 2.75) is 19.3 Å². The minimum absolute atomic E-state index is 0.0680. The molecule has 7 heteroatoms. The highest BCUT2D eigenvalue weighted by molar-refractivity contribution is 5.98. The van der Waals surface area contributed by atoms with Gasteiger partial charge < -0.3 is 15.7 Å². The van der Waals surface area contributed by atoms with E-state index < -0.39 is 17.7 Å². The highest BCUT2D eigenvalue weighted by atomic mass is 19.1. The normalized spacial score (nSPS) is 13.3. The Morgan fingerprint density at radius 2 is 2.10 bits per heavy atom. The molecule has 0 radical (unpaired) electrons. The molecule has 0 fully saturated rings. The van der Waals surface area contributed by atoms with E-state index in [2.05, 4.69) is 10.6 Å². The third-order valence-corrected chi connectivity index (χ3v) is 2.96. The number of rotatable bonds is 4. The van der Waals surface area contributed by atoms with Crippen LogP contribution in [0.3, 0.4) is 0 Å². The molecule has 106 valence electrons. The van der Waals surface area contributed by atoms with Crippen molar-refractivity contribution in [3.05, 3.63) is 29.1 Å². The minimum atomic E-state index is -1.04. The van der Waals surface area contributed by atoms with Gasteiger partial charge in [0, 0.05) is 18.7 Å². The largest absolute Gasteiger partial charge is 0.481 e. The fourth-order valence-corrected chi connectivity index (χ4v) is 1.95. The van der Waals surface area contributed by atoms with Gasteiger partial charge >= 0.3 is 5.97 Å². The third kappa shape index (κ3) is 3.11. The quantitative estimate of drug-likeness (QED) is 0.764. The van der Waals surface area contributed by atoms with Crippen LogP contribution in [0.25, 0.3) is 0 Å². The van der Waals surface area contributed by atoms with E-state index in [-0.39, 0.29) is 24.4 Å². The minimum Gasteiger partial charge on any atom is -0.481 e. The van der Waals surface area contributed by atoms with E-state index in [1.165, 1.54) is 6.07 Å². The van der Waals surface area contributed by atoms with Gasteiger partial charge in [0.15, 0.2) is 0 Å². The van der Waals surface area contributed by atoms with E-state index in [0.717, 1.165) is 6.07 Å². The van der Waals surface area contributed by atoms with Crippen LogP contribution in [-0.2, 0) is 16.0 Å². The zero-order valence-corrected chi connectivity index (χ0v) is 10.5. The Kier molecular flexibility index (Phi) is 3.97. The van der Waals surface area contributed by atoms with Gasteiger partial charge in [-0.05, 0) is 24.1 Å². The van der Waals surface area contributed by atoms with Crippen LogP contribution in [0.4, 0.5) is 10.1 Å². The SMILES string of the molecule is O=C(O)CCNC(=O)c1cc2c(cc1F)NC(=O)CC2. The first-order valence-corrected chi connectivity index (χ1v) is 6.09. The molecule has 1 aliphatic rings. The number of carbonyl (C=O) groups is 3. The molecule has 2 amide bonds. The number of carbonyl (C=O) groups excluding carboxylic acids is 2. The van der Waals surface area contributed by atoms with E-state index in [4.69, 9.17) is 5.11 Å². The second-order valence-corrected chi connectivity index (χ2v) is 4.44. The van der Waals surface area contributed by atoms with Crippen LogP contribution in [-0.4, -0.2) is 29.4 Å². The fourth-order valence-electron chi connectivity index (χ4n) is 1.95. The number of carboxylic acid groups (broad SMARTS) is 1. The molecule has 2 rings (SSSR count). The van der Waals surface area contributed by atoms with Crippen molar-refractivity contribution in [2.24, 2.45) is 0 Å². The van der Waals surface area contributed by atoms with Crippen molar-refractivity contribution in [3.63, 3.8) is 0 Å². The number of fused-ring (bicyclic) bond motifs is 1. The van der Waals surface area contributed by atoms with Gasteiger partial charge in [0.2, 0.25) is 5.91 Å². The van der Waals surface area contributed by atoms with Crippen molar-refractivity contribution in [1.29, 1.82) is 0 Å². The Labute approximate surface area is 114 Å². The Balaban J connectivity index is 2.14. The van der Waals surface area contributed by atoms with Crippen LogP contribution in [0.1, 0.15) is 28.8 Å². The molecule has 1 aliphatic heterocycles. The molecule has 0 saturated carbocycles. The summed E-state index contributed by atoms with van der Waals surface area (Å²) in [6.45, 7) is -0.0680. The summed E-state index contributed by atoms with van der Waals surface area (Å²) >= 11 is 0. The van der Waals surface area contributed by atoms with Gasteiger partial charge in [-0.25, -0.2) is 4.39 Å². The molecule has 0 aliphatic carbocycles. The van der Waals surface area contributed by atoms with E-state index in [1.807, 2.05) is 0 Å². The van der Waals surface area contributed by atoms with Crippen LogP contribution in [0.2, 0.25) is 0 Å². The van der Waals surface area contributed by atoms with E-state index in [1.54, 1.807) is 0 Å². The number of nitrogens with one attached hydrogen (secondary N) is 2. The van der Waals surface area contributed by atoms with Crippen LogP contribution >= 0.6 is 0 Å². The molecule has 0 atom stereocenters. The van der Waals surface area contributed by atoms with Crippen LogP contribution in [0.15, 0.2) is 12.1 Å². The average molecular weight is 280 g/mol. The van der Waals surface area contributed by atoms with Crippen molar-refractivity contribution >= 4 is 23.5 Å². The summed E-state index contributed by atoms with van der Waals surface area (Å²) in [5.41, 5.74) is 0.917. The number of benzene rings is 1. The number of hydrogen-bond acceptors (Lipinski definition) is 3. The summed E-state index contributed by atoms with van der Waals surface area (Å²) in [6, 6.07) is 2.50. The first-order valence-electron chi connectivity index (χ1n) is 6.09. The molecule has 0 unspecified atom stereocenters. The Bertz CT molecular complexity index is 586. The topological polar surface area (TPSA) is 95.5 Å². The maximum absolute atomic E-state index is 13.8. The number of carboxylic acids is 1. The van der Waals surface area contributed by atoms with Crippen molar-refractivity contribution < 1.29 is 23.9 Å². The van der Waals surface area contributed by atoms with Crippen molar-refractivity contribution in [3.8, 4) is 0 Å². The second-order valence-electron chi connectivity index (χ2n) is 4.44. The molecule has 0 spiro atoms. The summed E-state index contributed by atoms with van der Waals surface area (Å²) < 4.78 is 13.8. The first-order chi connectivity index (χ1) is 9.47. The second kappa shape index (κ2) is 5.68. The molecule has 1 heterocycles. The standard InChI is InChI=1S/C13H13FN2O4/c14-9-6-10-7(1-2-11(17)16-10)5-8(9)13(20)15-4-3-12(18)19/h5-6H,1-4H2,(H,15,20)(H,16,17)(H,18,19). The maximum atomic E-state index is 13.8. The number of halogens is 1. The zero-order chi connectivity index (χ0) is 14.7. The molecule has 1 aromatic rings. The summed E-state index contributed by atoms with van der Waals surface area (Å²) in [5.74, 6) is -2.64. The number of aryl methyl sites for hydroxylation is 1. The van der Waals surface area contributed by atoms with Gasteiger partial charge in [-0.15, -0.1) is 0 Å². The number of amides is 2. The molecule has 0 saturated heterocycles. The summed E-state index contributed by atoms with van der Waals surface area (Å²) in [4.78, 5) is 33.3. The smallest absolute Gasteiger partial charge is 0.305 e. The van der Waals surface area contributed by atoms with Gasteiger partial charge in [-0.3, -0.25) is 14.4 Å². The van der Waals surface area contributed by atoms with Gasteiger partial charge in [0.25, 0.3) is 5.91 Å². The lowest BCUT2D eigenvalue weighted by molar-refractivity contribution is -0.136. The predicted molar refractivity (Wildman–Crippen MR) is 67.9 cm³/mol. The summed E-state index contributed by atoms with van der Waals surface area (Å²) in [7, 11) is 0. The average Bonchev–Trinajstić information content (AvgIpc) is 2.37. The lowest BCUT2D eigenvalue weighted by Crippen LogP contribution is -2.27. The highest BCUT2D eigenvalue weighted by Gasteiger charge is 2.20. The Hall–Kier alpha value is -2.44. The van der Waals surface area contributed by atoms with Crippen LogP contribution in [0.5, 0.6) is 0 Å². The molecule has 6 nitrogen and oxygen atoms in total. The summed E-state index contributed by atoms with van der Waals surface area (Å²) in [6.07, 6.45) is 0.504. The van der Waals surface area contributed by atoms with Gasteiger partial charge in [-0.1, -0.05) is 0 Å². The number of hydrogen-bond donors (Lipinski definition) is 3. The lowest BCUT2D eigenvalue weighted by Gasteiger charge is -2.18. The fraction of sp³-hybridized carbons (Fsp3) is 0.308. The van der Waals surface area contributed by atoms with Gasteiger partial charge in [0.05, 0.1) is 12.0 Å². The zero-order valence-electron chi connectivity index (χ0n) is 10.5. The highest BCUT2D eigenvalue weighted by Crippen LogP contribution is 2.25. The first kappa shape index (κ1) is 14.0. The molecule has 3 N–H and O–H groups in total. The van der Waals surface area contributed by atoms with Gasteiger partial charge in [-0.2, -0.15) is 0 Å². The lowest BCUT2D eigenvalue weighted by atomic mass is 9.99. The number of anilines is 1. The maximum Gasteiger partial charge on any atom is 0.305 e. The van der Waals surface area contributed by atoms with Crippen molar-refractivity contribution in [1.82, 2.24) is 5.32 Å². The van der Waals surface area contributed by atoms with E-state index in [9.17, 15) is 18.8 Å². The number of aliphatic carboxylic acids is 1.